The van der Waals surface area contributed by atoms with Crippen molar-refractivity contribution in [3.05, 3.63) is 71.8 Å². The van der Waals surface area contributed by atoms with Gasteiger partial charge in [-0.25, -0.2) is 4.79 Å². The molecule has 0 radical (unpaired) electrons. The Morgan fingerprint density at radius 2 is 1.48 bits per heavy atom. The molecule has 5 heteroatoms. The summed E-state index contributed by atoms with van der Waals surface area (Å²) in [5.41, 5.74) is 2.08. The number of ether oxygens (including phenoxy) is 1. The summed E-state index contributed by atoms with van der Waals surface area (Å²) < 4.78 is 5.44. The Morgan fingerprint density at radius 1 is 0.903 bits per heavy atom. The van der Waals surface area contributed by atoms with Crippen LogP contribution in [0.15, 0.2) is 60.7 Å². The second kappa shape index (κ2) is 6.64. The van der Waals surface area contributed by atoms with Gasteiger partial charge in [0, 0.05) is 0 Å². The maximum Gasteiger partial charge on any atom is 0.343 e. The summed E-state index contributed by atoms with van der Waals surface area (Å²) in [6.45, 7) is 2.07. The van der Waals surface area contributed by atoms with Crippen molar-refractivity contribution in [2.45, 2.75) is 19.8 Å². The number of benzene rings is 2. The molecule has 0 aromatic heterocycles. The predicted molar refractivity (Wildman–Crippen MR) is 114 cm³/mol. The van der Waals surface area contributed by atoms with Crippen LogP contribution in [0, 0.1) is 35.5 Å². The van der Waals surface area contributed by atoms with Crippen LogP contribution in [0.25, 0.3) is 0 Å². The molecule has 3 fully saturated rings. The van der Waals surface area contributed by atoms with Gasteiger partial charge in [0.25, 0.3) is 0 Å². The van der Waals surface area contributed by atoms with Crippen molar-refractivity contribution in [3.63, 3.8) is 0 Å². The summed E-state index contributed by atoms with van der Waals surface area (Å²) in [4.78, 5) is 40.2. The van der Waals surface area contributed by atoms with E-state index in [1.165, 1.54) is 10.5 Å². The van der Waals surface area contributed by atoms with Crippen molar-refractivity contribution in [3.8, 4) is 5.75 Å². The summed E-state index contributed by atoms with van der Waals surface area (Å²) in [6, 6.07) is 14.0. The number of anilines is 1. The SMILES string of the molecule is CCc1ccc(OC(=O)c2ccc(N3C(=O)[C@H]4[C@@H]5C=C[C@@H]([C@H]6C[C@H]56)[C@@H]4C3=O)cc2)cc1. The molecule has 0 N–H and O–H groups in total. The third-order valence-corrected chi connectivity index (χ3v) is 7.57. The highest BCUT2D eigenvalue weighted by Crippen LogP contribution is 2.65. The topological polar surface area (TPSA) is 63.7 Å². The van der Waals surface area contributed by atoms with E-state index >= 15 is 0 Å². The van der Waals surface area contributed by atoms with Gasteiger partial charge in [-0.2, -0.15) is 0 Å². The maximum absolute atomic E-state index is 13.2. The average molecular weight is 413 g/mol. The molecule has 2 amide bonds. The van der Waals surface area contributed by atoms with E-state index in [2.05, 4.69) is 19.1 Å². The summed E-state index contributed by atoms with van der Waals surface area (Å²) in [6.07, 6.45) is 6.40. The number of aryl methyl sites for hydroxylation is 1. The van der Waals surface area contributed by atoms with E-state index in [9.17, 15) is 14.4 Å². The number of imide groups is 1. The summed E-state index contributed by atoms with van der Waals surface area (Å²) in [7, 11) is 0. The first-order valence-electron chi connectivity index (χ1n) is 11.0. The molecule has 2 aromatic rings. The zero-order chi connectivity index (χ0) is 21.3. The largest absolute Gasteiger partial charge is 0.423 e. The highest BCUT2D eigenvalue weighted by molar-refractivity contribution is 6.22. The van der Waals surface area contributed by atoms with Gasteiger partial charge >= 0.3 is 5.97 Å². The zero-order valence-electron chi connectivity index (χ0n) is 17.2. The number of carbonyl (C=O) groups excluding carboxylic acids is 3. The lowest BCUT2D eigenvalue weighted by Gasteiger charge is -2.37. The van der Waals surface area contributed by atoms with Gasteiger partial charge in [-0.3, -0.25) is 14.5 Å². The van der Waals surface area contributed by atoms with Gasteiger partial charge in [0.1, 0.15) is 5.75 Å². The summed E-state index contributed by atoms with van der Waals surface area (Å²) in [5, 5.41) is 0. The van der Waals surface area contributed by atoms with E-state index in [0.29, 0.717) is 28.8 Å². The lowest BCUT2D eigenvalue weighted by Crippen LogP contribution is -2.40. The quantitative estimate of drug-likeness (QED) is 0.329. The van der Waals surface area contributed by atoms with Crippen LogP contribution in [0.2, 0.25) is 0 Å². The Labute approximate surface area is 180 Å². The molecule has 2 bridgehead atoms. The highest BCUT2D eigenvalue weighted by atomic mass is 16.5. The van der Waals surface area contributed by atoms with Crippen LogP contribution >= 0.6 is 0 Å². The van der Waals surface area contributed by atoms with Crippen molar-refractivity contribution < 1.29 is 19.1 Å². The first-order chi connectivity index (χ1) is 15.1. The van der Waals surface area contributed by atoms with Gasteiger partial charge in [0.2, 0.25) is 11.8 Å². The molecule has 31 heavy (non-hydrogen) atoms. The van der Waals surface area contributed by atoms with Crippen molar-refractivity contribution in [1.29, 1.82) is 0 Å². The molecule has 1 heterocycles. The van der Waals surface area contributed by atoms with Crippen LogP contribution in [0.3, 0.4) is 0 Å². The number of hydrogen-bond donors (Lipinski definition) is 0. The van der Waals surface area contributed by atoms with Gasteiger partial charge in [-0.05, 0) is 78.5 Å². The number of nitrogens with zero attached hydrogens (tertiary/aromatic N) is 1. The van der Waals surface area contributed by atoms with Gasteiger partial charge < -0.3 is 4.74 Å². The van der Waals surface area contributed by atoms with E-state index in [1.807, 2.05) is 12.1 Å². The first-order valence-corrected chi connectivity index (χ1v) is 11.0. The minimum atomic E-state index is -0.467. The highest BCUT2D eigenvalue weighted by Gasteiger charge is 2.67. The van der Waals surface area contributed by atoms with E-state index < -0.39 is 5.97 Å². The Balaban J connectivity index is 1.20. The first kappa shape index (κ1) is 18.6. The molecular weight excluding hydrogens is 390 g/mol. The molecule has 5 nitrogen and oxygen atoms in total. The molecule has 0 unspecified atom stereocenters. The lowest BCUT2D eigenvalue weighted by atomic mass is 9.63. The monoisotopic (exact) mass is 413 g/mol. The van der Waals surface area contributed by atoms with Crippen LogP contribution < -0.4 is 9.64 Å². The van der Waals surface area contributed by atoms with Gasteiger partial charge in [-0.1, -0.05) is 31.2 Å². The fourth-order valence-corrected chi connectivity index (χ4v) is 5.92. The van der Waals surface area contributed by atoms with Crippen LogP contribution in [0.4, 0.5) is 5.69 Å². The van der Waals surface area contributed by atoms with E-state index in [0.717, 1.165) is 12.8 Å². The van der Waals surface area contributed by atoms with Crippen LogP contribution in [-0.2, 0) is 16.0 Å². The molecule has 5 aliphatic rings. The summed E-state index contributed by atoms with van der Waals surface area (Å²) in [5.74, 6) is 0.964. The number of rotatable bonds is 4. The summed E-state index contributed by atoms with van der Waals surface area (Å²) >= 11 is 0. The fraction of sp³-hybridized carbons (Fsp3) is 0.346. The number of hydrogen-bond acceptors (Lipinski definition) is 4. The van der Waals surface area contributed by atoms with Crippen LogP contribution in [0.1, 0.15) is 29.3 Å². The molecule has 2 saturated carbocycles. The fourth-order valence-electron chi connectivity index (χ4n) is 5.92. The van der Waals surface area contributed by atoms with Crippen molar-refractivity contribution in [2.24, 2.45) is 35.5 Å². The molecule has 156 valence electrons. The molecule has 7 rings (SSSR count). The normalized spacial score (nSPS) is 32.1. The zero-order valence-corrected chi connectivity index (χ0v) is 17.2. The third-order valence-electron chi connectivity index (χ3n) is 7.57. The molecule has 4 aliphatic carbocycles. The Hall–Kier alpha value is -3.21. The molecule has 0 spiro atoms. The van der Waals surface area contributed by atoms with Gasteiger partial charge in [0.05, 0.1) is 23.1 Å². The van der Waals surface area contributed by atoms with E-state index in [4.69, 9.17) is 4.74 Å². The smallest absolute Gasteiger partial charge is 0.343 e. The Morgan fingerprint density at radius 3 is 2.03 bits per heavy atom. The number of allylic oxidation sites excluding steroid dienone is 2. The van der Waals surface area contributed by atoms with Crippen molar-refractivity contribution in [1.82, 2.24) is 0 Å². The minimum Gasteiger partial charge on any atom is -0.423 e. The van der Waals surface area contributed by atoms with Gasteiger partial charge in [-0.15, -0.1) is 0 Å². The second-order valence-electron chi connectivity index (χ2n) is 9.10. The molecule has 2 aromatic carbocycles. The third kappa shape index (κ3) is 2.72. The molecule has 1 saturated heterocycles. The molecular formula is C26H23NO4. The predicted octanol–water partition coefficient (Wildman–Crippen LogP) is 4.03. The minimum absolute atomic E-state index is 0.0916. The second-order valence-corrected chi connectivity index (χ2v) is 9.10. The maximum atomic E-state index is 13.2. The number of amides is 2. The Bertz CT molecular complexity index is 1080. The van der Waals surface area contributed by atoms with Crippen LogP contribution in [0.5, 0.6) is 5.75 Å². The Kier molecular flexibility index (Phi) is 3.98. The molecule has 1 aliphatic heterocycles. The number of esters is 1. The average Bonchev–Trinajstić information content (AvgIpc) is 3.58. The van der Waals surface area contributed by atoms with Crippen molar-refractivity contribution in [2.75, 3.05) is 4.90 Å². The standard InChI is InChI=1S/C26H23NO4/c1-2-14-3-9-17(10-4-14)31-26(30)15-5-7-16(8-6-15)27-24(28)22-18-11-12-19(21-13-20(18)21)23(22)25(27)29/h3-12,18-23H,2,13H2,1H3/t18-,19+,20-,21-,22+,23+/m1/s1. The van der Waals surface area contributed by atoms with Gasteiger partial charge in [0.15, 0.2) is 0 Å². The number of carbonyl (C=O) groups is 3. The van der Waals surface area contributed by atoms with E-state index in [1.54, 1.807) is 36.4 Å². The van der Waals surface area contributed by atoms with Crippen molar-refractivity contribution >= 4 is 23.5 Å². The molecule has 6 atom stereocenters. The van der Waals surface area contributed by atoms with E-state index in [-0.39, 0.29) is 35.5 Å². The lowest BCUT2D eigenvalue weighted by molar-refractivity contribution is -0.124. The van der Waals surface area contributed by atoms with Crippen LogP contribution in [-0.4, -0.2) is 17.8 Å².